The number of hydrogen-bond donors (Lipinski definition) is 0. The first-order valence-corrected chi connectivity index (χ1v) is 7.23. The summed E-state index contributed by atoms with van der Waals surface area (Å²) in [7, 11) is 0. The van der Waals surface area contributed by atoms with Crippen molar-refractivity contribution < 1.29 is 0 Å². The summed E-state index contributed by atoms with van der Waals surface area (Å²) in [6.07, 6.45) is 3.13. The average Bonchev–Trinajstić information content (AvgIpc) is 3.03. The number of halogens is 2. The molecule has 1 aromatic carbocycles. The molecule has 112 valence electrons. The van der Waals surface area contributed by atoms with Crippen molar-refractivity contribution in [2.45, 2.75) is 13.8 Å². The number of benzene rings is 1. The van der Waals surface area contributed by atoms with Crippen molar-refractivity contribution in [2.24, 2.45) is 5.10 Å². The zero-order chi connectivity index (χ0) is 15.7. The molecule has 0 unspecified atom stereocenters. The van der Waals surface area contributed by atoms with Gasteiger partial charge in [-0.1, -0.05) is 29.3 Å². The maximum Gasteiger partial charge on any atom is 0.273 e. The summed E-state index contributed by atoms with van der Waals surface area (Å²) in [6, 6.07) is 7.17. The second kappa shape index (κ2) is 5.90. The molecule has 0 amide bonds. The first-order valence-electron chi connectivity index (χ1n) is 6.47. The Bertz CT molecular complexity index is 849. The summed E-state index contributed by atoms with van der Waals surface area (Å²) in [6.45, 7) is 3.86. The Labute approximate surface area is 137 Å². The lowest BCUT2D eigenvalue weighted by Gasteiger charge is -2.03. The molecule has 3 aromatic rings. The molecule has 0 aliphatic heterocycles. The van der Waals surface area contributed by atoms with Crippen LogP contribution >= 0.6 is 23.2 Å². The molecule has 8 heteroatoms. The lowest BCUT2D eigenvalue weighted by Crippen LogP contribution is -2.06. The first-order chi connectivity index (χ1) is 10.5. The van der Waals surface area contributed by atoms with Crippen molar-refractivity contribution in [1.29, 1.82) is 0 Å². The van der Waals surface area contributed by atoms with Crippen molar-refractivity contribution in [3.8, 4) is 5.95 Å². The molecule has 0 bridgehead atoms. The van der Waals surface area contributed by atoms with Crippen LogP contribution in [0.15, 0.2) is 35.7 Å². The van der Waals surface area contributed by atoms with E-state index in [0.717, 1.165) is 17.0 Å². The Morgan fingerprint density at radius 3 is 2.68 bits per heavy atom. The summed E-state index contributed by atoms with van der Waals surface area (Å²) in [5.74, 6) is 0.506. The molecule has 0 aliphatic rings. The van der Waals surface area contributed by atoms with Gasteiger partial charge in [-0.05, 0) is 32.0 Å². The standard InChI is InChI=1S/C14H12Cl2N6/c1-9-5-10(2)22(20-9)14-19-17-8-21(14)18-7-11-3-4-12(15)6-13(11)16/h3-8H,1-2H3/b18-7+. The van der Waals surface area contributed by atoms with Gasteiger partial charge in [0.15, 0.2) is 0 Å². The van der Waals surface area contributed by atoms with E-state index in [-0.39, 0.29) is 0 Å². The fourth-order valence-electron chi connectivity index (χ4n) is 2.01. The minimum Gasteiger partial charge on any atom is -0.202 e. The maximum atomic E-state index is 6.12. The molecule has 0 atom stereocenters. The molecule has 0 aliphatic carbocycles. The number of hydrogen-bond acceptors (Lipinski definition) is 4. The molecule has 2 heterocycles. The average molecular weight is 335 g/mol. The van der Waals surface area contributed by atoms with E-state index >= 15 is 0 Å². The minimum atomic E-state index is 0.506. The van der Waals surface area contributed by atoms with Crippen LogP contribution in [0.2, 0.25) is 10.0 Å². The van der Waals surface area contributed by atoms with Crippen LogP contribution in [0.4, 0.5) is 0 Å². The lowest BCUT2D eigenvalue weighted by molar-refractivity contribution is 0.717. The largest absolute Gasteiger partial charge is 0.273 e. The van der Waals surface area contributed by atoms with Crippen LogP contribution in [0.3, 0.4) is 0 Å². The van der Waals surface area contributed by atoms with E-state index in [9.17, 15) is 0 Å². The van der Waals surface area contributed by atoms with Gasteiger partial charge < -0.3 is 0 Å². The van der Waals surface area contributed by atoms with E-state index in [1.54, 1.807) is 29.1 Å². The predicted molar refractivity (Wildman–Crippen MR) is 86.1 cm³/mol. The third-order valence-corrected chi connectivity index (χ3v) is 3.56. The summed E-state index contributed by atoms with van der Waals surface area (Å²) in [5.41, 5.74) is 2.60. The van der Waals surface area contributed by atoms with Crippen molar-refractivity contribution in [2.75, 3.05) is 0 Å². The van der Waals surface area contributed by atoms with Gasteiger partial charge in [-0.15, -0.1) is 10.2 Å². The molecular formula is C14H12Cl2N6. The van der Waals surface area contributed by atoms with Crippen molar-refractivity contribution in [3.63, 3.8) is 0 Å². The molecule has 22 heavy (non-hydrogen) atoms. The maximum absolute atomic E-state index is 6.12. The fraction of sp³-hybridized carbons (Fsp3) is 0.143. The Morgan fingerprint density at radius 2 is 2.00 bits per heavy atom. The third-order valence-electron chi connectivity index (χ3n) is 3.00. The van der Waals surface area contributed by atoms with Crippen LogP contribution in [0.25, 0.3) is 5.95 Å². The van der Waals surface area contributed by atoms with Gasteiger partial charge in [0.2, 0.25) is 0 Å². The second-order valence-corrected chi connectivity index (χ2v) is 5.57. The SMILES string of the molecule is Cc1cc(C)n(-c2nncn2/N=C/c2ccc(Cl)cc2Cl)n1. The smallest absolute Gasteiger partial charge is 0.202 e. The number of rotatable bonds is 3. The molecule has 6 nitrogen and oxygen atoms in total. The Kier molecular flexibility index (Phi) is 3.96. The van der Waals surface area contributed by atoms with Gasteiger partial charge in [-0.2, -0.15) is 14.9 Å². The van der Waals surface area contributed by atoms with Gasteiger partial charge >= 0.3 is 0 Å². The highest BCUT2D eigenvalue weighted by atomic mass is 35.5. The topological polar surface area (TPSA) is 60.9 Å². The van der Waals surface area contributed by atoms with Gasteiger partial charge in [0, 0.05) is 16.3 Å². The molecule has 0 saturated carbocycles. The van der Waals surface area contributed by atoms with Crippen LogP contribution in [0.1, 0.15) is 17.0 Å². The minimum absolute atomic E-state index is 0.506. The van der Waals surface area contributed by atoms with E-state index in [2.05, 4.69) is 20.4 Å². The lowest BCUT2D eigenvalue weighted by atomic mass is 10.2. The summed E-state index contributed by atoms with van der Waals surface area (Å²) in [5, 5.41) is 17.7. The molecule has 0 N–H and O–H groups in total. The van der Waals surface area contributed by atoms with Gasteiger partial charge in [-0.3, -0.25) is 0 Å². The van der Waals surface area contributed by atoms with Crippen LogP contribution < -0.4 is 0 Å². The molecular weight excluding hydrogens is 323 g/mol. The first kappa shape index (κ1) is 14.7. The molecule has 3 rings (SSSR count). The van der Waals surface area contributed by atoms with E-state index in [1.807, 2.05) is 19.9 Å². The monoisotopic (exact) mass is 334 g/mol. The van der Waals surface area contributed by atoms with Crippen LogP contribution in [-0.4, -0.2) is 30.9 Å². The highest BCUT2D eigenvalue weighted by molar-refractivity contribution is 6.36. The predicted octanol–water partition coefficient (Wildman–Crippen LogP) is 3.27. The van der Waals surface area contributed by atoms with E-state index < -0.39 is 0 Å². The fourth-order valence-corrected chi connectivity index (χ4v) is 2.46. The van der Waals surface area contributed by atoms with Gasteiger partial charge in [-0.25, -0.2) is 4.68 Å². The molecule has 0 saturated heterocycles. The molecule has 0 radical (unpaired) electrons. The van der Waals surface area contributed by atoms with E-state index in [4.69, 9.17) is 23.2 Å². The van der Waals surface area contributed by atoms with Gasteiger partial charge in [0.05, 0.1) is 16.9 Å². The quantitative estimate of drug-likeness (QED) is 0.690. The Hall–Kier alpha value is -2.18. The zero-order valence-corrected chi connectivity index (χ0v) is 13.4. The van der Waals surface area contributed by atoms with Crippen molar-refractivity contribution in [3.05, 3.63) is 57.6 Å². The van der Waals surface area contributed by atoms with Gasteiger partial charge in [0.25, 0.3) is 5.95 Å². The van der Waals surface area contributed by atoms with Crippen molar-refractivity contribution >= 4 is 29.4 Å². The van der Waals surface area contributed by atoms with Crippen LogP contribution in [-0.2, 0) is 0 Å². The molecule has 0 spiro atoms. The number of nitrogens with zero attached hydrogens (tertiary/aromatic N) is 6. The second-order valence-electron chi connectivity index (χ2n) is 4.72. The summed E-state index contributed by atoms with van der Waals surface area (Å²) < 4.78 is 3.22. The third kappa shape index (κ3) is 2.88. The molecule has 2 aromatic heterocycles. The normalized spacial score (nSPS) is 11.5. The number of aromatic nitrogens is 5. The summed E-state index contributed by atoms with van der Waals surface area (Å²) >= 11 is 12.0. The van der Waals surface area contributed by atoms with Crippen LogP contribution in [0.5, 0.6) is 0 Å². The van der Waals surface area contributed by atoms with E-state index in [0.29, 0.717) is 16.0 Å². The molecule has 0 fully saturated rings. The van der Waals surface area contributed by atoms with Crippen LogP contribution in [0, 0.1) is 13.8 Å². The van der Waals surface area contributed by atoms with Gasteiger partial charge in [0.1, 0.15) is 6.33 Å². The Balaban J connectivity index is 1.96. The highest BCUT2D eigenvalue weighted by Crippen LogP contribution is 2.19. The Morgan fingerprint density at radius 1 is 1.18 bits per heavy atom. The zero-order valence-electron chi connectivity index (χ0n) is 11.9. The van der Waals surface area contributed by atoms with E-state index in [1.165, 1.54) is 11.0 Å². The highest BCUT2D eigenvalue weighted by Gasteiger charge is 2.10. The summed E-state index contributed by atoms with van der Waals surface area (Å²) in [4.78, 5) is 0. The van der Waals surface area contributed by atoms with Crippen molar-refractivity contribution in [1.82, 2.24) is 24.7 Å². The number of aryl methyl sites for hydroxylation is 2.